The van der Waals surface area contributed by atoms with Crippen molar-refractivity contribution in [2.24, 2.45) is 0 Å². The predicted octanol–water partition coefficient (Wildman–Crippen LogP) is 2.18. The number of nitrogens with one attached hydrogen (secondary N) is 1. The SMILES string of the molecule is CC(Nc1cccc(I)c1)C(=O)N(C)C. The van der Waals surface area contributed by atoms with Gasteiger partial charge in [0.1, 0.15) is 6.04 Å². The number of amides is 1. The van der Waals surface area contributed by atoms with Crippen molar-refractivity contribution in [2.75, 3.05) is 19.4 Å². The summed E-state index contributed by atoms with van der Waals surface area (Å²) in [6.45, 7) is 1.86. The molecule has 0 fully saturated rings. The third-order valence-electron chi connectivity index (χ3n) is 2.02. The van der Waals surface area contributed by atoms with Gasteiger partial charge in [-0.15, -0.1) is 0 Å². The average Bonchev–Trinajstić information content (AvgIpc) is 2.16. The molecule has 1 rings (SSSR count). The van der Waals surface area contributed by atoms with Gasteiger partial charge in [0.2, 0.25) is 5.91 Å². The Morgan fingerprint density at radius 1 is 1.47 bits per heavy atom. The number of hydrogen-bond acceptors (Lipinski definition) is 2. The number of hydrogen-bond donors (Lipinski definition) is 1. The van der Waals surface area contributed by atoms with E-state index in [1.807, 2.05) is 31.2 Å². The Labute approximate surface area is 104 Å². The highest BCUT2D eigenvalue weighted by Crippen LogP contribution is 2.13. The molecule has 0 aliphatic heterocycles. The van der Waals surface area contributed by atoms with E-state index in [1.165, 1.54) is 0 Å². The van der Waals surface area contributed by atoms with Gasteiger partial charge in [-0.25, -0.2) is 0 Å². The van der Waals surface area contributed by atoms with Crippen LogP contribution in [-0.4, -0.2) is 30.9 Å². The van der Waals surface area contributed by atoms with Crippen LogP contribution in [0.1, 0.15) is 6.92 Å². The molecule has 0 saturated heterocycles. The first-order valence-corrected chi connectivity index (χ1v) is 5.82. The Morgan fingerprint density at radius 2 is 2.13 bits per heavy atom. The molecule has 1 N–H and O–H groups in total. The molecule has 0 radical (unpaired) electrons. The summed E-state index contributed by atoms with van der Waals surface area (Å²) < 4.78 is 1.15. The molecule has 1 aromatic rings. The second kappa shape index (κ2) is 5.34. The predicted molar refractivity (Wildman–Crippen MR) is 70.9 cm³/mol. The molecule has 0 aliphatic rings. The number of anilines is 1. The lowest BCUT2D eigenvalue weighted by Gasteiger charge is -2.19. The van der Waals surface area contributed by atoms with Gasteiger partial charge < -0.3 is 10.2 Å². The quantitative estimate of drug-likeness (QED) is 0.867. The van der Waals surface area contributed by atoms with E-state index < -0.39 is 0 Å². The maximum Gasteiger partial charge on any atom is 0.244 e. The highest BCUT2D eigenvalue weighted by Gasteiger charge is 2.13. The van der Waals surface area contributed by atoms with Gasteiger partial charge in [0.15, 0.2) is 0 Å². The van der Waals surface area contributed by atoms with Gasteiger partial charge in [0, 0.05) is 23.4 Å². The Balaban J connectivity index is 2.66. The second-order valence-corrected chi connectivity index (χ2v) is 4.85. The van der Waals surface area contributed by atoms with Crippen LogP contribution in [-0.2, 0) is 4.79 Å². The summed E-state index contributed by atoms with van der Waals surface area (Å²) in [5.74, 6) is 0.0776. The number of likely N-dealkylation sites (N-methyl/N-ethyl adjacent to an activating group) is 1. The highest BCUT2D eigenvalue weighted by atomic mass is 127. The summed E-state index contributed by atoms with van der Waals surface area (Å²) in [4.78, 5) is 13.2. The minimum atomic E-state index is -0.196. The summed E-state index contributed by atoms with van der Waals surface area (Å²) in [6.07, 6.45) is 0. The molecule has 1 aromatic carbocycles. The molecular formula is C11H15IN2O. The van der Waals surface area contributed by atoms with Crippen LogP contribution in [0.4, 0.5) is 5.69 Å². The molecular weight excluding hydrogens is 303 g/mol. The fraction of sp³-hybridized carbons (Fsp3) is 0.364. The molecule has 82 valence electrons. The van der Waals surface area contributed by atoms with Gasteiger partial charge in [0.25, 0.3) is 0 Å². The monoisotopic (exact) mass is 318 g/mol. The Kier molecular flexibility index (Phi) is 4.38. The van der Waals surface area contributed by atoms with E-state index in [9.17, 15) is 4.79 Å². The lowest BCUT2D eigenvalue weighted by Crippen LogP contribution is -2.36. The largest absolute Gasteiger partial charge is 0.374 e. The van der Waals surface area contributed by atoms with Crippen molar-refractivity contribution in [1.82, 2.24) is 4.90 Å². The number of carbonyl (C=O) groups is 1. The van der Waals surface area contributed by atoms with Crippen molar-refractivity contribution in [1.29, 1.82) is 0 Å². The maximum atomic E-state index is 11.6. The number of rotatable bonds is 3. The topological polar surface area (TPSA) is 32.3 Å². The average molecular weight is 318 g/mol. The van der Waals surface area contributed by atoms with Crippen molar-refractivity contribution in [2.45, 2.75) is 13.0 Å². The van der Waals surface area contributed by atoms with E-state index in [1.54, 1.807) is 19.0 Å². The smallest absolute Gasteiger partial charge is 0.244 e. The third kappa shape index (κ3) is 3.70. The number of carbonyl (C=O) groups excluding carboxylic acids is 1. The molecule has 15 heavy (non-hydrogen) atoms. The zero-order valence-corrected chi connectivity index (χ0v) is 11.3. The van der Waals surface area contributed by atoms with Gasteiger partial charge in [-0.1, -0.05) is 6.07 Å². The Morgan fingerprint density at radius 3 is 2.67 bits per heavy atom. The minimum Gasteiger partial charge on any atom is -0.374 e. The Bertz CT molecular complexity index is 352. The van der Waals surface area contributed by atoms with Gasteiger partial charge >= 0.3 is 0 Å². The lowest BCUT2D eigenvalue weighted by molar-refractivity contribution is -0.129. The fourth-order valence-corrected chi connectivity index (χ4v) is 1.82. The molecule has 1 atom stereocenters. The zero-order valence-electron chi connectivity index (χ0n) is 9.12. The van der Waals surface area contributed by atoms with Crippen LogP contribution in [0.15, 0.2) is 24.3 Å². The molecule has 0 spiro atoms. The standard InChI is InChI=1S/C11H15IN2O/c1-8(11(15)14(2)3)13-10-6-4-5-9(12)7-10/h4-8,13H,1-3H3. The van der Waals surface area contributed by atoms with Gasteiger partial charge in [0.05, 0.1) is 0 Å². The first-order chi connectivity index (χ1) is 7.00. The van der Waals surface area contributed by atoms with Gasteiger partial charge in [-0.2, -0.15) is 0 Å². The fourth-order valence-electron chi connectivity index (χ4n) is 1.28. The molecule has 3 nitrogen and oxygen atoms in total. The van der Waals surface area contributed by atoms with E-state index in [4.69, 9.17) is 0 Å². The van der Waals surface area contributed by atoms with Crippen LogP contribution in [0, 0.1) is 3.57 Å². The van der Waals surface area contributed by atoms with Crippen LogP contribution < -0.4 is 5.32 Å². The van der Waals surface area contributed by atoms with E-state index >= 15 is 0 Å². The van der Waals surface area contributed by atoms with Crippen LogP contribution >= 0.6 is 22.6 Å². The molecule has 0 heterocycles. The molecule has 0 saturated carbocycles. The molecule has 0 aliphatic carbocycles. The molecule has 4 heteroatoms. The van der Waals surface area contributed by atoms with Crippen LogP contribution in [0.5, 0.6) is 0 Å². The first-order valence-electron chi connectivity index (χ1n) is 4.74. The van der Waals surface area contributed by atoms with E-state index in [0.29, 0.717) is 0 Å². The third-order valence-corrected chi connectivity index (χ3v) is 2.69. The number of benzene rings is 1. The minimum absolute atomic E-state index is 0.0776. The number of halogens is 1. The summed E-state index contributed by atoms with van der Waals surface area (Å²) in [7, 11) is 3.52. The van der Waals surface area contributed by atoms with Crippen molar-refractivity contribution >= 4 is 34.2 Å². The molecule has 1 amide bonds. The Hall–Kier alpha value is -0.780. The normalized spacial score (nSPS) is 12.0. The van der Waals surface area contributed by atoms with Crippen LogP contribution in [0.3, 0.4) is 0 Å². The highest BCUT2D eigenvalue weighted by molar-refractivity contribution is 14.1. The summed E-state index contributed by atoms with van der Waals surface area (Å²) in [5.41, 5.74) is 0.976. The van der Waals surface area contributed by atoms with Crippen molar-refractivity contribution in [3.63, 3.8) is 0 Å². The zero-order chi connectivity index (χ0) is 11.4. The second-order valence-electron chi connectivity index (χ2n) is 3.61. The van der Waals surface area contributed by atoms with E-state index in [-0.39, 0.29) is 11.9 Å². The van der Waals surface area contributed by atoms with Gasteiger partial charge in [-0.3, -0.25) is 4.79 Å². The molecule has 0 aromatic heterocycles. The van der Waals surface area contributed by atoms with Gasteiger partial charge in [-0.05, 0) is 47.7 Å². The summed E-state index contributed by atoms with van der Waals surface area (Å²) in [6, 6.07) is 7.76. The molecule has 1 unspecified atom stereocenters. The van der Waals surface area contributed by atoms with Crippen molar-refractivity contribution in [3.8, 4) is 0 Å². The summed E-state index contributed by atoms with van der Waals surface area (Å²) in [5, 5.41) is 3.17. The van der Waals surface area contributed by atoms with Crippen LogP contribution in [0.25, 0.3) is 0 Å². The van der Waals surface area contributed by atoms with E-state index in [0.717, 1.165) is 9.26 Å². The summed E-state index contributed by atoms with van der Waals surface area (Å²) >= 11 is 2.25. The number of nitrogens with zero attached hydrogens (tertiary/aromatic N) is 1. The van der Waals surface area contributed by atoms with Crippen LogP contribution in [0.2, 0.25) is 0 Å². The maximum absolute atomic E-state index is 11.6. The molecule has 0 bridgehead atoms. The van der Waals surface area contributed by atoms with Crippen molar-refractivity contribution in [3.05, 3.63) is 27.8 Å². The van der Waals surface area contributed by atoms with E-state index in [2.05, 4.69) is 27.9 Å². The lowest BCUT2D eigenvalue weighted by atomic mass is 10.2. The first kappa shape index (κ1) is 12.3. The van der Waals surface area contributed by atoms with Crippen molar-refractivity contribution < 1.29 is 4.79 Å².